The first-order valence-corrected chi connectivity index (χ1v) is 5.99. The van der Waals surface area contributed by atoms with Gasteiger partial charge in [-0.15, -0.1) is 0 Å². The number of halogens is 1. The number of nitrogens with zero attached hydrogens (tertiary/aromatic N) is 1. The zero-order valence-corrected chi connectivity index (χ0v) is 9.32. The van der Waals surface area contributed by atoms with Gasteiger partial charge in [-0.2, -0.15) is 0 Å². The van der Waals surface area contributed by atoms with Gasteiger partial charge in [-0.25, -0.2) is 4.39 Å². The molecule has 2 nitrogen and oxygen atoms in total. The van der Waals surface area contributed by atoms with Gasteiger partial charge in [0.2, 0.25) is 0 Å². The summed E-state index contributed by atoms with van der Waals surface area (Å²) in [5.74, 6) is 1.52. The molecule has 0 aliphatic carbocycles. The average Bonchev–Trinajstić information content (AvgIpc) is 2.81. The number of fused-ring (bicyclic) bond motifs is 1. The lowest BCUT2D eigenvalue weighted by atomic mass is 10.0. The van der Waals surface area contributed by atoms with Crippen molar-refractivity contribution in [1.29, 1.82) is 0 Å². The zero-order chi connectivity index (χ0) is 11.0. The molecule has 2 fully saturated rings. The van der Waals surface area contributed by atoms with Gasteiger partial charge >= 0.3 is 0 Å². The number of likely N-dealkylation sites (tertiary alicyclic amines) is 1. The van der Waals surface area contributed by atoms with Crippen LogP contribution in [0.1, 0.15) is 5.56 Å². The molecule has 2 saturated heterocycles. The van der Waals surface area contributed by atoms with Crippen molar-refractivity contribution in [1.82, 2.24) is 10.2 Å². The van der Waals surface area contributed by atoms with Gasteiger partial charge in [0, 0.05) is 19.6 Å². The van der Waals surface area contributed by atoms with Crippen LogP contribution in [0.25, 0.3) is 0 Å². The van der Waals surface area contributed by atoms with Crippen molar-refractivity contribution in [2.45, 2.75) is 6.54 Å². The van der Waals surface area contributed by atoms with E-state index < -0.39 is 0 Å². The van der Waals surface area contributed by atoms with Crippen LogP contribution in [-0.2, 0) is 6.54 Å². The third kappa shape index (κ3) is 1.97. The van der Waals surface area contributed by atoms with Gasteiger partial charge in [0.1, 0.15) is 5.82 Å². The van der Waals surface area contributed by atoms with E-state index in [0.29, 0.717) is 0 Å². The fourth-order valence-corrected chi connectivity index (χ4v) is 2.93. The van der Waals surface area contributed by atoms with Crippen LogP contribution < -0.4 is 5.32 Å². The maximum atomic E-state index is 12.8. The molecule has 1 aromatic carbocycles. The second kappa shape index (κ2) is 4.15. The van der Waals surface area contributed by atoms with Gasteiger partial charge in [-0.3, -0.25) is 4.90 Å². The Kier molecular flexibility index (Phi) is 2.65. The Labute approximate surface area is 95.4 Å². The Bertz CT molecular complexity index is 351. The Morgan fingerprint density at radius 1 is 1.12 bits per heavy atom. The SMILES string of the molecule is Fc1ccc(CN2C[C@H]3CNC[C@H]3C2)cc1. The third-order valence-corrected chi connectivity index (χ3v) is 3.78. The molecule has 3 heteroatoms. The summed E-state index contributed by atoms with van der Waals surface area (Å²) >= 11 is 0. The van der Waals surface area contributed by atoms with Crippen LogP contribution in [0.5, 0.6) is 0 Å². The normalized spacial score (nSPS) is 29.6. The van der Waals surface area contributed by atoms with Gasteiger partial charge in [-0.05, 0) is 42.6 Å². The minimum Gasteiger partial charge on any atom is -0.316 e. The number of hydrogen-bond acceptors (Lipinski definition) is 2. The Morgan fingerprint density at radius 3 is 2.38 bits per heavy atom. The maximum absolute atomic E-state index is 12.8. The summed E-state index contributed by atoms with van der Waals surface area (Å²) in [6.07, 6.45) is 0. The molecule has 1 N–H and O–H groups in total. The van der Waals surface area contributed by atoms with Crippen LogP contribution in [0.2, 0.25) is 0 Å². The molecule has 2 aliphatic rings. The predicted octanol–water partition coefficient (Wildman–Crippen LogP) is 1.48. The highest BCUT2D eigenvalue weighted by atomic mass is 19.1. The van der Waals surface area contributed by atoms with Gasteiger partial charge in [0.25, 0.3) is 0 Å². The summed E-state index contributed by atoms with van der Waals surface area (Å²) in [7, 11) is 0. The van der Waals surface area contributed by atoms with E-state index in [2.05, 4.69) is 10.2 Å². The van der Waals surface area contributed by atoms with Gasteiger partial charge in [-0.1, -0.05) is 12.1 Å². The molecule has 0 amide bonds. The zero-order valence-electron chi connectivity index (χ0n) is 9.32. The highest BCUT2D eigenvalue weighted by Crippen LogP contribution is 2.27. The van der Waals surface area contributed by atoms with Crippen LogP contribution in [0.3, 0.4) is 0 Å². The quantitative estimate of drug-likeness (QED) is 0.812. The van der Waals surface area contributed by atoms with Crippen LogP contribution >= 0.6 is 0 Å². The number of benzene rings is 1. The van der Waals surface area contributed by atoms with Crippen molar-refractivity contribution in [3.63, 3.8) is 0 Å². The molecule has 0 radical (unpaired) electrons. The van der Waals surface area contributed by atoms with Gasteiger partial charge in [0.05, 0.1) is 0 Å². The van der Waals surface area contributed by atoms with Crippen LogP contribution in [0, 0.1) is 17.7 Å². The second-order valence-electron chi connectivity index (χ2n) is 5.00. The fourth-order valence-electron chi connectivity index (χ4n) is 2.93. The number of rotatable bonds is 2. The molecule has 86 valence electrons. The lowest BCUT2D eigenvalue weighted by molar-refractivity contribution is 0.305. The molecule has 2 atom stereocenters. The summed E-state index contributed by atoms with van der Waals surface area (Å²) in [5.41, 5.74) is 1.22. The predicted molar refractivity (Wildman–Crippen MR) is 61.5 cm³/mol. The maximum Gasteiger partial charge on any atom is 0.123 e. The summed E-state index contributed by atoms with van der Waals surface area (Å²) in [6, 6.07) is 6.88. The van der Waals surface area contributed by atoms with Crippen molar-refractivity contribution in [2.24, 2.45) is 11.8 Å². The third-order valence-electron chi connectivity index (χ3n) is 3.78. The smallest absolute Gasteiger partial charge is 0.123 e. The van der Waals surface area contributed by atoms with E-state index in [9.17, 15) is 4.39 Å². The summed E-state index contributed by atoms with van der Waals surface area (Å²) in [5, 5.41) is 3.44. The van der Waals surface area contributed by atoms with Crippen molar-refractivity contribution in [3.05, 3.63) is 35.6 Å². The summed E-state index contributed by atoms with van der Waals surface area (Å²) < 4.78 is 12.8. The van der Waals surface area contributed by atoms with E-state index in [1.54, 1.807) is 12.1 Å². The first kappa shape index (κ1) is 10.2. The molecule has 0 unspecified atom stereocenters. The largest absolute Gasteiger partial charge is 0.316 e. The first-order valence-electron chi connectivity index (χ1n) is 5.99. The minimum absolute atomic E-state index is 0.147. The monoisotopic (exact) mass is 220 g/mol. The minimum atomic E-state index is -0.147. The van der Waals surface area contributed by atoms with Crippen LogP contribution in [0.15, 0.2) is 24.3 Å². The van der Waals surface area contributed by atoms with E-state index in [1.807, 2.05) is 12.1 Å². The lowest BCUT2D eigenvalue weighted by Gasteiger charge is -2.16. The molecule has 2 heterocycles. The van der Waals surface area contributed by atoms with E-state index in [-0.39, 0.29) is 5.82 Å². The number of nitrogens with one attached hydrogen (secondary N) is 1. The Balaban J connectivity index is 1.62. The topological polar surface area (TPSA) is 15.3 Å². The van der Waals surface area contributed by atoms with Gasteiger partial charge in [0.15, 0.2) is 0 Å². The molecular weight excluding hydrogens is 203 g/mol. The molecule has 3 rings (SSSR count). The molecule has 0 aromatic heterocycles. The highest BCUT2D eigenvalue weighted by Gasteiger charge is 2.35. The molecular formula is C13H17FN2. The standard InChI is InChI=1S/C13H17FN2/c14-13-3-1-10(2-4-13)7-16-8-11-5-15-6-12(11)9-16/h1-4,11-12,15H,5-9H2/t11-,12+. The van der Waals surface area contributed by atoms with Crippen LogP contribution in [-0.4, -0.2) is 31.1 Å². The lowest BCUT2D eigenvalue weighted by Crippen LogP contribution is -2.25. The van der Waals surface area contributed by atoms with Crippen molar-refractivity contribution < 1.29 is 4.39 Å². The van der Waals surface area contributed by atoms with E-state index in [0.717, 1.165) is 18.4 Å². The van der Waals surface area contributed by atoms with E-state index >= 15 is 0 Å². The molecule has 0 spiro atoms. The van der Waals surface area contributed by atoms with Gasteiger partial charge < -0.3 is 5.32 Å². The van der Waals surface area contributed by atoms with Crippen molar-refractivity contribution in [3.8, 4) is 0 Å². The molecule has 0 bridgehead atoms. The molecule has 0 saturated carbocycles. The number of hydrogen-bond donors (Lipinski definition) is 1. The molecule has 1 aromatic rings. The fraction of sp³-hybridized carbons (Fsp3) is 0.538. The summed E-state index contributed by atoms with van der Waals surface area (Å²) in [6.45, 7) is 5.69. The van der Waals surface area contributed by atoms with Crippen molar-refractivity contribution >= 4 is 0 Å². The van der Waals surface area contributed by atoms with E-state index in [1.165, 1.54) is 31.7 Å². The molecule has 2 aliphatic heterocycles. The van der Waals surface area contributed by atoms with Crippen LogP contribution in [0.4, 0.5) is 4.39 Å². The average molecular weight is 220 g/mol. The Morgan fingerprint density at radius 2 is 1.75 bits per heavy atom. The second-order valence-corrected chi connectivity index (χ2v) is 5.00. The highest BCUT2D eigenvalue weighted by molar-refractivity contribution is 5.16. The first-order chi connectivity index (χ1) is 7.81. The molecule has 16 heavy (non-hydrogen) atoms. The Hall–Kier alpha value is -0.930. The summed E-state index contributed by atoms with van der Waals surface area (Å²) in [4.78, 5) is 2.49. The van der Waals surface area contributed by atoms with E-state index in [4.69, 9.17) is 0 Å². The van der Waals surface area contributed by atoms with Crippen molar-refractivity contribution in [2.75, 3.05) is 26.2 Å².